The Hall–Kier alpha value is -2.24. The van der Waals surface area contributed by atoms with Crippen LogP contribution in [0.1, 0.15) is 16.7 Å². The summed E-state index contributed by atoms with van der Waals surface area (Å²) in [6.07, 6.45) is 1.66. The molecule has 1 N–H and O–H groups in total. The number of hydrogen-bond donors (Lipinski definition) is 2. The van der Waals surface area contributed by atoms with E-state index in [1.54, 1.807) is 0 Å². The van der Waals surface area contributed by atoms with Gasteiger partial charge >= 0.3 is 6.03 Å². The zero-order valence-corrected chi connectivity index (χ0v) is 17.1. The number of benzene rings is 3. The fourth-order valence-corrected chi connectivity index (χ4v) is 4.05. The van der Waals surface area contributed by atoms with E-state index in [1.807, 2.05) is 30.3 Å². The molecule has 3 nitrogen and oxygen atoms in total. The molecule has 0 radical (unpaired) electrons. The van der Waals surface area contributed by atoms with Crippen LogP contribution in [0.2, 0.25) is 0 Å². The lowest BCUT2D eigenvalue weighted by molar-refractivity contribution is 0.250. The third kappa shape index (κ3) is 3.89. The number of amides is 2. The minimum Gasteiger partial charge on any atom is -0.337 e. The van der Waals surface area contributed by atoms with Crippen LogP contribution in [0.25, 0.3) is 11.1 Å². The largest absolute Gasteiger partial charge is 0.337 e. The molecule has 0 heterocycles. The molecule has 0 aliphatic heterocycles. The Morgan fingerprint density at radius 1 is 1.00 bits per heavy atom. The minimum atomic E-state index is -0.215. The van der Waals surface area contributed by atoms with Gasteiger partial charge in [0, 0.05) is 11.0 Å². The van der Waals surface area contributed by atoms with E-state index in [9.17, 15) is 4.79 Å². The molecule has 5 heteroatoms. The van der Waals surface area contributed by atoms with Crippen LogP contribution in [0.3, 0.4) is 0 Å². The molecule has 136 valence electrons. The summed E-state index contributed by atoms with van der Waals surface area (Å²) in [6.45, 7) is 0.574. The zero-order valence-electron chi connectivity index (χ0n) is 14.7. The van der Waals surface area contributed by atoms with Gasteiger partial charge in [-0.1, -0.05) is 71.2 Å². The predicted molar refractivity (Wildman–Crippen MR) is 117 cm³/mol. The van der Waals surface area contributed by atoms with Crippen LogP contribution in [0.5, 0.6) is 0 Å². The molecule has 0 aromatic heterocycles. The summed E-state index contributed by atoms with van der Waals surface area (Å²) in [5.74, 6) is 0. The lowest BCUT2D eigenvalue weighted by Crippen LogP contribution is -2.35. The quantitative estimate of drug-likeness (QED) is 0.398. The highest BCUT2D eigenvalue weighted by Crippen LogP contribution is 2.39. The number of carbonyl (C=O) groups excluding carboxylic acids is 1. The predicted octanol–water partition coefficient (Wildman–Crippen LogP) is 5.62. The molecule has 0 unspecified atom stereocenters. The summed E-state index contributed by atoms with van der Waals surface area (Å²) in [6, 6.07) is 22.3. The molecule has 0 saturated heterocycles. The third-order valence-corrected chi connectivity index (χ3v) is 5.70. The summed E-state index contributed by atoms with van der Waals surface area (Å²) in [4.78, 5) is 12.4. The van der Waals surface area contributed by atoms with Gasteiger partial charge in [0.25, 0.3) is 0 Å². The van der Waals surface area contributed by atoms with Gasteiger partial charge in [-0.25, -0.2) is 9.10 Å². The van der Waals surface area contributed by atoms with Crippen LogP contribution in [-0.2, 0) is 12.8 Å². The molecule has 0 fully saturated rings. The first kappa shape index (κ1) is 18.1. The van der Waals surface area contributed by atoms with Crippen molar-refractivity contribution >= 4 is 40.5 Å². The Labute approximate surface area is 173 Å². The number of anilines is 1. The van der Waals surface area contributed by atoms with Gasteiger partial charge in [-0.2, -0.15) is 0 Å². The van der Waals surface area contributed by atoms with Crippen LogP contribution in [-0.4, -0.2) is 12.6 Å². The molecule has 3 aromatic rings. The maximum atomic E-state index is 12.4. The molecule has 27 heavy (non-hydrogen) atoms. The Morgan fingerprint density at radius 2 is 1.70 bits per heavy atom. The number of hydrogen-bond acceptors (Lipinski definition) is 2. The number of carbonyl (C=O) groups is 1. The third-order valence-electron chi connectivity index (χ3n) is 4.80. The molecular formula is C22H19BrN2OS. The van der Waals surface area contributed by atoms with Crippen LogP contribution in [0.4, 0.5) is 10.5 Å². The molecule has 4 rings (SSSR count). The average molecular weight is 439 g/mol. The molecule has 0 spiro atoms. The fraction of sp³-hybridized carbons (Fsp3) is 0.136. The standard InChI is InChI=1S/C22H19BrN2OS/c23-18-6-8-20-16(13-18)12-17-14-19(7-9-21(17)20)25(27)22(26)24-11-10-15-4-2-1-3-5-15/h1-9,13-14,27H,10-12H2,(H,24,26). The van der Waals surface area contributed by atoms with Crippen molar-refractivity contribution in [1.29, 1.82) is 0 Å². The molecule has 0 atom stereocenters. The Kier molecular flexibility index (Phi) is 5.23. The number of urea groups is 1. The summed E-state index contributed by atoms with van der Waals surface area (Å²) < 4.78 is 2.47. The van der Waals surface area contributed by atoms with Crippen LogP contribution in [0.15, 0.2) is 71.2 Å². The lowest BCUT2D eigenvalue weighted by atomic mass is 10.1. The van der Waals surface area contributed by atoms with E-state index in [-0.39, 0.29) is 6.03 Å². The van der Waals surface area contributed by atoms with Crippen LogP contribution < -0.4 is 9.62 Å². The van der Waals surface area contributed by atoms with Crippen molar-refractivity contribution in [3.05, 3.63) is 87.9 Å². The number of nitrogens with zero attached hydrogens (tertiary/aromatic N) is 1. The first-order valence-electron chi connectivity index (χ1n) is 8.84. The number of nitrogens with one attached hydrogen (secondary N) is 1. The van der Waals surface area contributed by atoms with E-state index in [4.69, 9.17) is 0 Å². The van der Waals surface area contributed by atoms with Crippen molar-refractivity contribution in [3.8, 4) is 11.1 Å². The average Bonchev–Trinajstić information content (AvgIpc) is 3.04. The second kappa shape index (κ2) is 7.79. The molecule has 2 amide bonds. The molecular weight excluding hydrogens is 420 g/mol. The summed E-state index contributed by atoms with van der Waals surface area (Å²) in [5, 5.41) is 2.93. The van der Waals surface area contributed by atoms with Gasteiger partial charge in [0.15, 0.2) is 0 Å². The number of thiol groups is 1. The molecule has 1 aliphatic rings. The van der Waals surface area contributed by atoms with Crippen molar-refractivity contribution in [1.82, 2.24) is 5.32 Å². The van der Waals surface area contributed by atoms with E-state index in [2.05, 4.69) is 70.5 Å². The highest BCUT2D eigenvalue weighted by atomic mass is 79.9. The lowest BCUT2D eigenvalue weighted by Gasteiger charge is -2.17. The molecule has 3 aromatic carbocycles. The maximum Gasteiger partial charge on any atom is 0.331 e. The molecule has 0 bridgehead atoms. The van der Waals surface area contributed by atoms with Gasteiger partial charge < -0.3 is 5.32 Å². The number of fused-ring (bicyclic) bond motifs is 3. The van der Waals surface area contributed by atoms with Gasteiger partial charge in [-0.15, -0.1) is 0 Å². The van der Waals surface area contributed by atoms with Crippen molar-refractivity contribution < 1.29 is 4.79 Å². The maximum absolute atomic E-state index is 12.4. The van der Waals surface area contributed by atoms with Gasteiger partial charge in [-0.05, 0) is 64.9 Å². The second-order valence-corrected chi connectivity index (χ2v) is 7.91. The van der Waals surface area contributed by atoms with Gasteiger partial charge in [-0.3, -0.25) is 0 Å². The van der Waals surface area contributed by atoms with Gasteiger partial charge in [0.05, 0.1) is 5.69 Å². The first-order valence-corrected chi connectivity index (χ1v) is 10.0. The van der Waals surface area contributed by atoms with E-state index >= 15 is 0 Å². The minimum absolute atomic E-state index is 0.215. The van der Waals surface area contributed by atoms with E-state index in [1.165, 1.54) is 32.1 Å². The Balaban J connectivity index is 1.42. The summed E-state index contributed by atoms with van der Waals surface area (Å²) in [5.41, 5.74) is 6.99. The summed E-state index contributed by atoms with van der Waals surface area (Å²) >= 11 is 7.94. The number of rotatable bonds is 4. The Morgan fingerprint density at radius 3 is 2.48 bits per heavy atom. The first-order chi connectivity index (χ1) is 13.1. The second-order valence-electron chi connectivity index (χ2n) is 6.60. The fourth-order valence-electron chi connectivity index (χ4n) is 3.45. The Bertz CT molecular complexity index is 991. The van der Waals surface area contributed by atoms with Crippen LogP contribution in [0, 0.1) is 0 Å². The normalized spacial score (nSPS) is 11.6. The van der Waals surface area contributed by atoms with Crippen molar-refractivity contribution in [2.75, 3.05) is 10.8 Å². The van der Waals surface area contributed by atoms with Crippen molar-refractivity contribution in [2.24, 2.45) is 0 Å². The monoisotopic (exact) mass is 438 g/mol. The number of halogens is 1. The SMILES string of the molecule is O=C(NCCc1ccccc1)N(S)c1ccc2c(c1)Cc1cc(Br)ccc1-2. The molecule has 1 aliphatic carbocycles. The van der Waals surface area contributed by atoms with Crippen molar-refractivity contribution in [2.45, 2.75) is 12.8 Å². The van der Waals surface area contributed by atoms with Crippen molar-refractivity contribution in [3.63, 3.8) is 0 Å². The molecule has 0 saturated carbocycles. The van der Waals surface area contributed by atoms with Gasteiger partial charge in [0.2, 0.25) is 0 Å². The topological polar surface area (TPSA) is 32.3 Å². The van der Waals surface area contributed by atoms with E-state index < -0.39 is 0 Å². The highest BCUT2D eigenvalue weighted by molar-refractivity contribution is 9.10. The smallest absolute Gasteiger partial charge is 0.331 e. The van der Waals surface area contributed by atoms with Gasteiger partial charge in [0.1, 0.15) is 0 Å². The van der Waals surface area contributed by atoms with Crippen LogP contribution >= 0.6 is 28.7 Å². The van der Waals surface area contributed by atoms with E-state index in [0.29, 0.717) is 6.54 Å². The van der Waals surface area contributed by atoms with E-state index in [0.717, 1.165) is 23.0 Å². The zero-order chi connectivity index (χ0) is 18.8. The summed E-state index contributed by atoms with van der Waals surface area (Å²) in [7, 11) is 0. The highest BCUT2D eigenvalue weighted by Gasteiger charge is 2.21.